The number of esters is 1. The summed E-state index contributed by atoms with van der Waals surface area (Å²) in [5.74, 6) is -0.138. The van der Waals surface area contributed by atoms with Gasteiger partial charge in [0.15, 0.2) is 6.29 Å². The van der Waals surface area contributed by atoms with Gasteiger partial charge in [0.1, 0.15) is 5.75 Å². The van der Waals surface area contributed by atoms with E-state index < -0.39 is 5.97 Å². The van der Waals surface area contributed by atoms with E-state index in [-0.39, 0.29) is 18.8 Å². The van der Waals surface area contributed by atoms with Crippen molar-refractivity contribution in [3.05, 3.63) is 28.2 Å². The van der Waals surface area contributed by atoms with Gasteiger partial charge >= 0.3 is 5.97 Å². The van der Waals surface area contributed by atoms with Gasteiger partial charge in [-0.05, 0) is 31.0 Å². The van der Waals surface area contributed by atoms with Crippen molar-refractivity contribution in [1.82, 2.24) is 0 Å². The van der Waals surface area contributed by atoms with Crippen LogP contribution in [-0.4, -0.2) is 24.0 Å². The molecule has 4 nitrogen and oxygen atoms in total. The van der Waals surface area contributed by atoms with Gasteiger partial charge in [-0.3, -0.25) is 9.59 Å². The number of rotatable bonds is 6. The Labute approximate surface area is 108 Å². The smallest absolute Gasteiger partial charge is 0.311 e. The summed E-state index contributed by atoms with van der Waals surface area (Å²) in [6.45, 7) is 0.0607. The topological polar surface area (TPSA) is 63.6 Å². The molecular weight excluding hydrogens is 288 g/mol. The van der Waals surface area contributed by atoms with Crippen molar-refractivity contribution in [3.63, 3.8) is 0 Å². The summed E-state index contributed by atoms with van der Waals surface area (Å²) in [6, 6.07) is 4.85. The maximum absolute atomic E-state index is 11.4. The Morgan fingerprint density at radius 3 is 2.82 bits per heavy atom. The zero-order valence-corrected chi connectivity index (χ0v) is 10.8. The van der Waals surface area contributed by atoms with E-state index in [4.69, 9.17) is 9.84 Å². The van der Waals surface area contributed by atoms with E-state index in [0.29, 0.717) is 24.7 Å². The number of hydrogen-bond donors (Lipinski definition) is 1. The fourth-order valence-corrected chi connectivity index (χ4v) is 1.64. The van der Waals surface area contributed by atoms with Crippen LogP contribution in [-0.2, 0) is 4.79 Å². The lowest BCUT2D eigenvalue weighted by Crippen LogP contribution is -2.09. The zero-order valence-electron chi connectivity index (χ0n) is 9.19. The molecule has 0 unspecified atom stereocenters. The van der Waals surface area contributed by atoms with E-state index in [0.717, 1.165) is 4.47 Å². The van der Waals surface area contributed by atoms with Crippen molar-refractivity contribution in [2.75, 3.05) is 6.61 Å². The summed E-state index contributed by atoms with van der Waals surface area (Å²) in [6.07, 6.45) is 2.01. The Balaban J connectivity index is 2.61. The number of aliphatic hydroxyl groups excluding tert-OH is 1. The number of carbonyl (C=O) groups excluding carboxylic acids is 2. The van der Waals surface area contributed by atoms with Crippen LogP contribution < -0.4 is 4.74 Å². The molecule has 0 spiro atoms. The van der Waals surface area contributed by atoms with Gasteiger partial charge in [-0.1, -0.05) is 15.9 Å². The third kappa shape index (κ3) is 4.66. The van der Waals surface area contributed by atoms with E-state index in [9.17, 15) is 9.59 Å². The number of unbranched alkanes of at least 4 members (excludes halogenated alkanes) is 1. The molecule has 0 aliphatic rings. The molecule has 1 aromatic rings. The first-order valence-corrected chi connectivity index (χ1v) is 6.03. The van der Waals surface area contributed by atoms with Crippen molar-refractivity contribution < 1.29 is 19.4 Å². The zero-order chi connectivity index (χ0) is 12.7. The average Bonchev–Trinajstić information content (AvgIpc) is 2.32. The van der Waals surface area contributed by atoms with Gasteiger partial charge in [-0.2, -0.15) is 0 Å². The van der Waals surface area contributed by atoms with Gasteiger partial charge in [0.05, 0.1) is 5.56 Å². The van der Waals surface area contributed by atoms with Crippen LogP contribution in [0.1, 0.15) is 29.6 Å². The van der Waals surface area contributed by atoms with Crippen molar-refractivity contribution in [3.8, 4) is 5.75 Å². The highest BCUT2D eigenvalue weighted by molar-refractivity contribution is 9.10. The van der Waals surface area contributed by atoms with Gasteiger partial charge < -0.3 is 9.84 Å². The molecule has 1 rings (SSSR count). The molecular formula is C12H13BrO4. The molecule has 0 saturated heterocycles. The van der Waals surface area contributed by atoms with Crippen LogP contribution in [0.3, 0.4) is 0 Å². The lowest BCUT2D eigenvalue weighted by Gasteiger charge is -2.06. The molecule has 1 N–H and O–H groups in total. The lowest BCUT2D eigenvalue weighted by molar-refractivity contribution is -0.134. The highest BCUT2D eigenvalue weighted by Crippen LogP contribution is 2.22. The third-order valence-electron chi connectivity index (χ3n) is 2.11. The Hall–Kier alpha value is -1.20. The number of benzene rings is 1. The summed E-state index contributed by atoms with van der Waals surface area (Å²) in [7, 11) is 0. The van der Waals surface area contributed by atoms with E-state index in [1.54, 1.807) is 18.2 Å². The Morgan fingerprint density at radius 2 is 2.18 bits per heavy atom. The molecule has 0 aromatic heterocycles. The quantitative estimate of drug-likeness (QED) is 0.379. The fraction of sp³-hybridized carbons (Fsp3) is 0.333. The van der Waals surface area contributed by atoms with Crippen LogP contribution in [0.25, 0.3) is 0 Å². The second-order valence-corrected chi connectivity index (χ2v) is 4.37. The normalized spacial score (nSPS) is 10.0. The third-order valence-corrected chi connectivity index (χ3v) is 2.60. The number of aliphatic hydroxyl groups is 1. The molecule has 0 aliphatic heterocycles. The first-order valence-electron chi connectivity index (χ1n) is 5.23. The van der Waals surface area contributed by atoms with Gasteiger partial charge in [0, 0.05) is 17.5 Å². The lowest BCUT2D eigenvalue weighted by atomic mass is 10.2. The van der Waals surface area contributed by atoms with Crippen LogP contribution in [0.4, 0.5) is 0 Å². The molecule has 5 heteroatoms. The number of carbonyl (C=O) groups is 2. The predicted molar refractivity (Wildman–Crippen MR) is 66.1 cm³/mol. The minimum Gasteiger partial charge on any atom is -0.426 e. The monoisotopic (exact) mass is 300 g/mol. The standard InChI is InChI=1S/C12H13BrO4/c13-10-4-5-11(9(7-10)8-15)17-12(16)3-1-2-6-14/h4-5,7-8,14H,1-3,6H2. The first kappa shape index (κ1) is 13.9. The minimum atomic E-state index is -0.399. The molecule has 0 amide bonds. The Bertz CT molecular complexity index is 403. The highest BCUT2D eigenvalue weighted by Gasteiger charge is 2.09. The Kier molecular flexibility index (Phi) is 5.86. The molecule has 0 bridgehead atoms. The summed E-state index contributed by atoms with van der Waals surface area (Å²) >= 11 is 3.23. The SMILES string of the molecule is O=Cc1cc(Br)ccc1OC(=O)CCCCO. The van der Waals surface area contributed by atoms with Gasteiger partial charge in [0.2, 0.25) is 0 Å². The van der Waals surface area contributed by atoms with Crippen molar-refractivity contribution >= 4 is 28.2 Å². The molecule has 0 radical (unpaired) electrons. The second kappa shape index (κ2) is 7.19. The predicted octanol–water partition coefficient (Wildman–Crippen LogP) is 2.33. The summed E-state index contributed by atoms with van der Waals surface area (Å²) < 4.78 is 5.82. The summed E-state index contributed by atoms with van der Waals surface area (Å²) in [5, 5.41) is 8.58. The van der Waals surface area contributed by atoms with Crippen molar-refractivity contribution in [1.29, 1.82) is 0 Å². The average molecular weight is 301 g/mol. The van der Waals surface area contributed by atoms with Gasteiger partial charge in [-0.25, -0.2) is 0 Å². The fourth-order valence-electron chi connectivity index (χ4n) is 1.26. The highest BCUT2D eigenvalue weighted by atomic mass is 79.9. The molecule has 0 saturated carbocycles. The maximum atomic E-state index is 11.4. The largest absolute Gasteiger partial charge is 0.426 e. The van der Waals surface area contributed by atoms with Crippen LogP contribution in [0.2, 0.25) is 0 Å². The van der Waals surface area contributed by atoms with Crippen molar-refractivity contribution in [2.45, 2.75) is 19.3 Å². The van der Waals surface area contributed by atoms with E-state index in [1.165, 1.54) is 0 Å². The molecule has 0 atom stereocenters. The first-order chi connectivity index (χ1) is 8.17. The molecule has 17 heavy (non-hydrogen) atoms. The van der Waals surface area contributed by atoms with Crippen LogP contribution in [0.15, 0.2) is 22.7 Å². The number of hydrogen-bond acceptors (Lipinski definition) is 4. The number of halogens is 1. The molecule has 0 fully saturated rings. The molecule has 0 aliphatic carbocycles. The number of aldehydes is 1. The van der Waals surface area contributed by atoms with Crippen LogP contribution >= 0.6 is 15.9 Å². The van der Waals surface area contributed by atoms with Gasteiger partial charge in [0.25, 0.3) is 0 Å². The molecule has 92 valence electrons. The van der Waals surface area contributed by atoms with Crippen molar-refractivity contribution in [2.24, 2.45) is 0 Å². The maximum Gasteiger partial charge on any atom is 0.311 e. The second-order valence-electron chi connectivity index (χ2n) is 3.45. The van der Waals surface area contributed by atoms with E-state index in [2.05, 4.69) is 15.9 Å². The number of ether oxygens (including phenoxy) is 1. The summed E-state index contributed by atoms with van der Waals surface area (Å²) in [4.78, 5) is 22.2. The van der Waals surface area contributed by atoms with Crippen LogP contribution in [0.5, 0.6) is 5.75 Å². The summed E-state index contributed by atoms with van der Waals surface area (Å²) in [5.41, 5.74) is 0.329. The molecule has 1 aromatic carbocycles. The van der Waals surface area contributed by atoms with E-state index >= 15 is 0 Å². The van der Waals surface area contributed by atoms with Crippen LogP contribution in [0, 0.1) is 0 Å². The van der Waals surface area contributed by atoms with Gasteiger partial charge in [-0.15, -0.1) is 0 Å². The molecule has 0 heterocycles. The Morgan fingerprint density at radius 1 is 1.41 bits per heavy atom. The van der Waals surface area contributed by atoms with E-state index in [1.807, 2.05) is 0 Å². The minimum absolute atomic E-state index is 0.0607.